The molecule has 1 saturated heterocycles. The molecule has 0 bridgehead atoms. The number of methoxy groups -OCH3 is 2. The first kappa shape index (κ1) is 23.1. The number of anilines is 2. The smallest absolute Gasteiger partial charge is 0.255 e. The summed E-state index contributed by atoms with van der Waals surface area (Å²) in [6.07, 6.45) is 2.16. The lowest BCUT2D eigenvalue weighted by molar-refractivity contribution is -0.121. The zero-order valence-corrected chi connectivity index (χ0v) is 18.4. The normalized spacial score (nSPS) is 16.0. The molecule has 1 atom stereocenters. The number of benzene rings is 2. The highest BCUT2D eigenvalue weighted by molar-refractivity contribution is 6.05. The first-order valence-corrected chi connectivity index (χ1v) is 10.6. The van der Waals surface area contributed by atoms with Gasteiger partial charge in [-0.2, -0.15) is 5.26 Å². The summed E-state index contributed by atoms with van der Waals surface area (Å²) in [6, 6.07) is 14.3. The van der Waals surface area contributed by atoms with Crippen molar-refractivity contribution in [1.29, 1.82) is 5.26 Å². The Labute approximate surface area is 188 Å². The monoisotopic (exact) mass is 436 g/mol. The molecule has 2 aromatic carbocycles. The minimum absolute atomic E-state index is 0.104. The van der Waals surface area contributed by atoms with Crippen LogP contribution >= 0.6 is 0 Å². The quantitative estimate of drug-likeness (QED) is 0.656. The number of piperidine rings is 1. The van der Waals surface area contributed by atoms with Crippen molar-refractivity contribution in [3.05, 3.63) is 48.0 Å². The second kappa shape index (κ2) is 11.2. The van der Waals surface area contributed by atoms with E-state index in [1.165, 1.54) is 14.2 Å². The molecule has 0 aromatic heterocycles. The van der Waals surface area contributed by atoms with Gasteiger partial charge in [0.1, 0.15) is 11.5 Å². The molecule has 3 rings (SSSR count). The molecule has 1 fully saturated rings. The van der Waals surface area contributed by atoms with Crippen LogP contribution in [0.2, 0.25) is 0 Å². The highest BCUT2D eigenvalue weighted by atomic mass is 16.5. The molecule has 168 valence electrons. The predicted octanol–water partition coefficient (Wildman–Crippen LogP) is 3.52. The molecular formula is C24H28N4O4. The summed E-state index contributed by atoms with van der Waals surface area (Å²) in [4.78, 5) is 27.6. The number of nitrogens with zero attached hydrogens (tertiary/aromatic N) is 2. The van der Waals surface area contributed by atoms with Crippen molar-refractivity contribution >= 4 is 23.2 Å². The fourth-order valence-corrected chi connectivity index (χ4v) is 3.79. The van der Waals surface area contributed by atoms with Gasteiger partial charge in [-0.3, -0.25) is 9.59 Å². The molecule has 8 heteroatoms. The molecule has 0 spiro atoms. The van der Waals surface area contributed by atoms with E-state index in [2.05, 4.69) is 21.6 Å². The standard InChI is InChI=1S/C24H28N4O4/c1-31-21-15-20(27-24(30)18-10-6-12-28(16-18)13-7-11-25)22(32-2)14-19(21)26-23(29)17-8-4-3-5-9-17/h3-5,8-9,14-15,18H,6-7,10,12-13,16H2,1-2H3,(H,26,29)(H,27,30). The van der Waals surface area contributed by atoms with Crippen molar-refractivity contribution in [2.75, 3.05) is 44.5 Å². The molecule has 1 aliphatic rings. The van der Waals surface area contributed by atoms with E-state index < -0.39 is 0 Å². The van der Waals surface area contributed by atoms with Crippen LogP contribution in [0.25, 0.3) is 0 Å². The molecule has 2 amide bonds. The number of rotatable bonds is 8. The lowest BCUT2D eigenvalue weighted by atomic mass is 9.97. The molecule has 1 aliphatic heterocycles. The van der Waals surface area contributed by atoms with Crippen molar-refractivity contribution in [3.63, 3.8) is 0 Å². The Hall–Kier alpha value is -3.57. The number of nitrogens with one attached hydrogen (secondary N) is 2. The molecule has 0 saturated carbocycles. The van der Waals surface area contributed by atoms with E-state index in [4.69, 9.17) is 14.7 Å². The van der Waals surface area contributed by atoms with Crippen LogP contribution in [0.5, 0.6) is 11.5 Å². The molecule has 2 aromatic rings. The highest BCUT2D eigenvalue weighted by Crippen LogP contribution is 2.37. The number of carbonyl (C=O) groups excluding carboxylic acids is 2. The van der Waals surface area contributed by atoms with E-state index >= 15 is 0 Å². The topological polar surface area (TPSA) is 104 Å². The van der Waals surface area contributed by atoms with Gasteiger partial charge in [0.05, 0.1) is 37.6 Å². The van der Waals surface area contributed by atoms with Crippen molar-refractivity contribution in [1.82, 2.24) is 4.90 Å². The number of hydrogen-bond acceptors (Lipinski definition) is 6. The minimum atomic E-state index is -0.276. The van der Waals surface area contributed by atoms with E-state index in [9.17, 15) is 9.59 Å². The van der Waals surface area contributed by atoms with Crippen LogP contribution in [0.4, 0.5) is 11.4 Å². The zero-order chi connectivity index (χ0) is 22.9. The van der Waals surface area contributed by atoms with E-state index in [1.807, 2.05) is 6.07 Å². The van der Waals surface area contributed by atoms with Crippen LogP contribution in [0, 0.1) is 17.2 Å². The number of likely N-dealkylation sites (tertiary alicyclic amines) is 1. The Morgan fingerprint density at radius 2 is 1.75 bits per heavy atom. The molecule has 0 radical (unpaired) electrons. The van der Waals surface area contributed by atoms with Gasteiger partial charge in [0.15, 0.2) is 0 Å². The Balaban J connectivity index is 1.75. The summed E-state index contributed by atoms with van der Waals surface area (Å²) >= 11 is 0. The summed E-state index contributed by atoms with van der Waals surface area (Å²) < 4.78 is 10.9. The summed E-state index contributed by atoms with van der Waals surface area (Å²) in [7, 11) is 3.00. The Bertz CT molecular complexity index is 987. The van der Waals surface area contributed by atoms with Gasteiger partial charge in [-0.1, -0.05) is 18.2 Å². The maximum Gasteiger partial charge on any atom is 0.255 e. The van der Waals surface area contributed by atoms with Crippen molar-refractivity contribution < 1.29 is 19.1 Å². The van der Waals surface area contributed by atoms with Gasteiger partial charge in [0, 0.05) is 37.2 Å². The average molecular weight is 437 g/mol. The largest absolute Gasteiger partial charge is 0.494 e. The van der Waals surface area contributed by atoms with Crippen LogP contribution < -0.4 is 20.1 Å². The first-order valence-electron chi connectivity index (χ1n) is 10.6. The summed E-state index contributed by atoms with van der Waals surface area (Å²) in [6.45, 7) is 2.20. The maximum atomic E-state index is 12.9. The molecule has 0 aliphatic carbocycles. The molecular weight excluding hydrogens is 408 g/mol. The molecule has 8 nitrogen and oxygen atoms in total. The third-order valence-electron chi connectivity index (χ3n) is 5.48. The number of ether oxygens (including phenoxy) is 2. The minimum Gasteiger partial charge on any atom is -0.494 e. The molecule has 1 unspecified atom stereocenters. The lowest BCUT2D eigenvalue weighted by Crippen LogP contribution is -2.41. The van der Waals surface area contributed by atoms with Gasteiger partial charge in [0.25, 0.3) is 5.91 Å². The summed E-state index contributed by atoms with van der Waals surface area (Å²) in [5.74, 6) is 0.274. The third kappa shape index (κ3) is 5.77. The second-order valence-corrected chi connectivity index (χ2v) is 7.61. The van der Waals surface area contributed by atoms with Gasteiger partial charge in [-0.25, -0.2) is 0 Å². The van der Waals surface area contributed by atoms with Crippen molar-refractivity contribution in [2.24, 2.45) is 5.92 Å². The van der Waals surface area contributed by atoms with Crippen molar-refractivity contribution in [3.8, 4) is 17.6 Å². The van der Waals surface area contributed by atoms with Gasteiger partial charge in [-0.05, 0) is 31.5 Å². The molecule has 1 heterocycles. The lowest BCUT2D eigenvalue weighted by Gasteiger charge is -2.31. The van der Waals surface area contributed by atoms with Gasteiger partial charge in [-0.15, -0.1) is 0 Å². The van der Waals surface area contributed by atoms with Crippen LogP contribution in [0.3, 0.4) is 0 Å². The van der Waals surface area contributed by atoms with Crippen LogP contribution in [0.1, 0.15) is 29.6 Å². The van der Waals surface area contributed by atoms with Gasteiger partial charge >= 0.3 is 0 Å². The second-order valence-electron chi connectivity index (χ2n) is 7.61. The average Bonchev–Trinajstić information content (AvgIpc) is 2.83. The van der Waals surface area contributed by atoms with Crippen LogP contribution in [0.15, 0.2) is 42.5 Å². The number of carbonyl (C=O) groups is 2. The first-order chi connectivity index (χ1) is 15.5. The van der Waals surface area contributed by atoms with Crippen LogP contribution in [-0.2, 0) is 4.79 Å². The highest BCUT2D eigenvalue weighted by Gasteiger charge is 2.26. The van der Waals surface area contributed by atoms with Gasteiger partial charge in [0.2, 0.25) is 5.91 Å². The molecule has 2 N–H and O–H groups in total. The fraction of sp³-hybridized carbons (Fsp3) is 0.375. The SMILES string of the molecule is COc1cc(NC(=O)C2CCCN(CCC#N)C2)c(OC)cc1NC(=O)c1ccccc1. The fourth-order valence-electron chi connectivity index (χ4n) is 3.79. The Morgan fingerprint density at radius 3 is 2.38 bits per heavy atom. The van der Waals surface area contributed by atoms with Crippen molar-refractivity contribution in [2.45, 2.75) is 19.3 Å². The maximum absolute atomic E-state index is 12.9. The van der Waals surface area contributed by atoms with E-state index in [0.717, 1.165) is 19.4 Å². The summed E-state index contributed by atoms with van der Waals surface area (Å²) in [5.41, 5.74) is 1.43. The number of amides is 2. The van der Waals surface area contributed by atoms with E-state index in [-0.39, 0.29) is 17.7 Å². The van der Waals surface area contributed by atoms with Crippen LogP contribution in [-0.4, -0.2) is 50.6 Å². The Kier molecular flexibility index (Phi) is 8.06. The van der Waals surface area contributed by atoms with E-state index in [1.54, 1.807) is 36.4 Å². The van der Waals surface area contributed by atoms with E-state index in [0.29, 0.717) is 47.9 Å². The third-order valence-corrected chi connectivity index (χ3v) is 5.48. The molecule has 32 heavy (non-hydrogen) atoms. The predicted molar refractivity (Wildman–Crippen MR) is 122 cm³/mol. The number of nitriles is 1. The number of hydrogen-bond donors (Lipinski definition) is 2. The summed E-state index contributed by atoms with van der Waals surface area (Å²) in [5, 5.41) is 14.6. The zero-order valence-electron chi connectivity index (χ0n) is 18.4. The Morgan fingerprint density at radius 1 is 1.09 bits per heavy atom. The van der Waals surface area contributed by atoms with Gasteiger partial charge < -0.3 is 25.0 Å².